The van der Waals surface area contributed by atoms with Crippen LogP contribution in [0.2, 0.25) is 0 Å². The van der Waals surface area contributed by atoms with Crippen molar-refractivity contribution in [3.8, 4) is 0 Å². The lowest BCUT2D eigenvalue weighted by atomic mass is 10.2. The summed E-state index contributed by atoms with van der Waals surface area (Å²) < 4.78 is 3.15. The molecule has 0 saturated carbocycles. The first-order valence-corrected chi connectivity index (χ1v) is 7.50. The normalized spacial score (nSPS) is 10.3. The molecule has 0 radical (unpaired) electrons. The molecule has 0 heterocycles. The molecule has 2 nitrogen and oxygen atoms in total. The molecule has 0 unspecified atom stereocenters. The van der Waals surface area contributed by atoms with E-state index in [2.05, 4.69) is 59.8 Å². The van der Waals surface area contributed by atoms with Crippen molar-refractivity contribution in [1.29, 1.82) is 0 Å². The number of anilines is 3. The summed E-state index contributed by atoms with van der Waals surface area (Å²) in [5.41, 5.74) is 8.60. The fraction of sp³-hybridized carbons (Fsp3) is 0. The van der Waals surface area contributed by atoms with Crippen LogP contribution in [0.3, 0.4) is 0 Å². The molecule has 0 atom stereocenters. The predicted octanol–water partition coefficient (Wildman–Crippen LogP) is 5.14. The van der Waals surface area contributed by atoms with Crippen molar-refractivity contribution in [3.63, 3.8) is 0 Å². The minimum atomic E-state index is 0.742. The van der Waals surface area contributed by atoms with Gasteiger partial charge in [-0.05, 0) is 74.9 Å². The van der Waals surface area contributed by atoms with E-state index in [9.17, 15) is 0 Å². The van der Waals surface area contributed by atoms with Crippen LogP contribution in [0.15, 0.2) is 45.3 Å². The van der Waals surface area contributed by atoms with Crippen LogP contribution in [0.5, 0.6) is 0 Å². The third kappa shape index (κ3) is 3.35. The van der Waals surface area contributed by atoms with E-state index in [0.29, 0.717) is 0 Å². The van der Waals surface area contributed by atoms with Gasteiger partial charge in [-0.25, -0.2) is 0 Å². The zero-order valence-corrected chi connectivity index (χ0v) is 14.0. The first-order valence-electron chi connectivity index (χ1n) is 4.83. The summed E-state index contributed by atoms with van der Waals surface area (Å²) in [5, 5.41) is 3.30. The van der Waals surface area contributed by atoms with E-state index in [4.69, 9.17) is 5.73 Å². The minimum absolute atomic E-state index is 0.742. The van der Waals surface area contributed by atoms with Gasteiger partial charge in [0.2, 0.25) is 0 Å². The summed E-state index contributed by atoms with van der Waals surface area (Å²) in [4.78, 5) is 0. The number of hydrogen-bond acceptors (Lipinski definition) is 2. The molecular formula is C12H9Br2IN2. The van der Waals surface area contributed by atoms with E-state index in [0.717, 1.165) is 29.6 Å². The van der Waals surface area contributed by atoms with Crippen molar-refractivity contribution in [1.82, 2.24) is 0 Å². The molecule has 0 aliphatic carbocycles. The van der Waals surface area contributed by atoms with Crippen molar-refractivity contribution in [3.05, 3.63) is 48.9 Å². The number of hydrogen-bond donors (Lipinski definition) is 2. The number of rotatable bonds is 2. The Morgan fingerprint density at radius 3 is 2.35 bits per heavy atom. The minimum Gasteiger partial charge on any atom is -0.397 e. The Balaban J connectivity index is 2.31. The van der Waals surface area contributed by atoms with Gasteiger partial charge in [-0.15, -0.1) is 0 Å². The van der Waals surface area contributed by atoms with Crippen molar-refractivity contribution in [2.45, 2.75) is 0 Å². The maximum Gasteiger partial charge on any atom is 0.0618 e. The van der Waals surface area contributed by atoms with Gasteiger partial charge < -0.3 is 11.1 Å². The first kappa shape index (κ1) is 13.2. The molecule has 2 aromatic carbocycles. The van der Waals surface area contributed by atoms with E-state index in [-0.39, 0.29) is 0 Å². The maximum absolute atomic E-state index is 5.96. The van der Waals surface area contributed by atoms with E-state index in [1.807, 2.05) is 36.4 Å². The Kier molecular flexibility index (Phi) is 4.32. The summed E-state index contributed by atoms with van der Waals surface area (Å²) in [5.74, 6) is 0. The van der Waals surface area contributed by atoms with Crippen LogP contribution in [0.4, 0.5) is 17.1 Å². The lowest BCUT2D eigenvalue weighted by molar-refractivity contribution is 1.50. The van der Waals surface area contributed by atoms with Crippen LogP contribution in [-0.2, 0) is 0 Å². The summed E-state index contributed by atoms with van der Waals surface area (Å²) >= 11 is 9.17. The second-order valence-electron chi connectivity index (χ2n) is 3.48. The highest BCUT2D eigenvalue weighted by Gasteiger charge is 2.04. The van der Waals surface area contributed by atoms with Gasteiger partial charge >= 0.3 is 0 Å². The second kappa shape index (κ2) is 5.58. The molecule has 0 fully saturated rings. The zero-order chi connectivity index (χ0) is 12.4. The fourth-order valence-electron chi connectivity index (χ4n) is 1.38. The molecule has 17 heavy (non-hydrogen) atoms. The standard InChI is InChI=1S/C12H9Br2IN2/c13-7-1-3-11(9(14)5-7)17-12-4-2-8(15)6-10(12)16/h1-6,17H,16H2. The summed E-state index contributed by atoms with van der Waals surface area (Å²) in [7, 11) is 0. The Bertz CT molecular complexity index is 509. The number of nitrogen functional groups attached to an aromatic ring is 1. The molecule has 0 aliphatic rings. The van der Waals surface area contributed by atoms with Gasteiger partial charge in [0.1, 0.15) is 0 Å². The highest BCUT2D eigenvalue weighted by Crippen LogP contribution is 2.31. The Hall–Kier alpha value is -0.270. The summed E-state index contributed by atoms with van der Waals surface area (Å²) in [6.07, 6.45) is 0. The molecule has 0 saturated heterocycles. The molecule has 5 heteroatoms. The highest BCUT2D eigenvalue weighted by molar-refractivity contribution is 14.1. The quantitative estimate of drug-likeness (QED) is 0.474. The average molecular weight is 468 g/mol. The molecular weight excluding hydrogens is 459 g/mol. The van der Waals surface area contributed by atoms with Gasteiger partial charge in [0.05, 0.1) is 17.1 Å². The topological polar surface area (TPSA) is 38.0 Å². The van der Waals surface area contributed by atoms with E-state index >= 15 is 0 Å². The van der Waals surface area contributed by atoms with Crippen LogP contribution in [0.1, 0.15) is 0 Å². The Morgan fingerprint density at radius 2 is 1.71 bits per heavy atom. The van der Waals surface area contributed by atoms with Crippen LogP contribution >= 0.6 is 54.5 Å². The van der Waals surface area contributed by atoms with E-state index < -0.39 is 0 Å². The Labute approximate surface area is 130 Å². The third-order valence-electron chi connectivity index (χ3n) is 2.21. The monoisotopic (exact) mass is 466 g/mol. The van der Waals surface area contributed by atoms with Gasteiger partial charge in [-0.3, -0.25) is 0 Å². The number of benzene rings is 2. The lowest BCUT2D eigenvalue weighted by Gasteiger charge is -2.11. The van der Waals surface area contributed by atoms with Gasteiger partial charge in [-0.2, -0.15) is 0 Å². The van der Waals surface area contributed by atoms with Crippen LogP contribution < -0.4 is 11.1 Å². The largest absolute Gasteiger partial charge is 0.397 e. The Morgan fingerprint density at radius 1 is 1.00 bits per heavy atom. The van der Waals surface area contributed by atoms with Gasteiger partial charge in [0.15, 0.2) is 0 Å². The highest BCUT2D eigenvalue weighted by atomic mass is 127. The van der Waals surface area contributed by atoms with Gasteiger partial charge in [-0.1, -0.05) is 15.9 Å². The lowest BCUT2D eigenvalue weighted by Crippen LogP contribution is -1.97. The van der Waals surface area contributed by atoms with Crippen molar-refractivity contribution in [2.24, 2.45) is 0 Å². The smallest absolute Gasteiger partial charge is 0.0618 e. The van der Waals surface area contributed by atoms with Crippen LogP contribution in [0, 0.1) is 3.57 Å². The molecule has 0 aromatic heterocycles. The molecule has 0 amide bonds. The first-order chi connectivity index (χ1) is 8.06. The van der Waals surface area contributed by atoms with Crippen molar-refractivity contribution >= 4 is 71.5 Å². The molecule has 0 spiro atoms. The van der Waals surface area contributed by atoms with Crippen molar-refractivity contribution in [2.75, 3.05) is 11.1 Å². The number of halogens is 3. The molecule has 88 valence electrons. The molecule has 2 rings (SSSR count). The fourth-order valence-corrected chi connectivity index (χ4v) is 3.04. The molecule has 2 aromatic rings. The molecule has 0 bridgehead atoms. The number of nitrogens with one attached hydrogen (secondary N) is 1. The van der Waals surface area contributed by atoms with Crippen LogP contribution in [0.25, 0.3) is 0 Å². The second-order valence-corrected chi connectivity index (χ2v) is 6.50. The summed E-state index contributed by atoms with van der Waals surface area (Å²) in [6.45, 7) is 0. The van der Waals surface area contributed by atoms with Gasteiger partial charge in [0.25, 0.3) is 0 Å². The maximum atomic E-state index is 5.96. The SMILES string of the molecule is Nc1cc(I)ccc1Nc1ccc(Br)cc1Br. The average Bonchev–Trinajstić information content (AvgIpc) is 2.25. The van der Waals surface area contributed by atoms with Crippen LogP contribution in [-0.4, -0.2) is 0 Å². The van der Waals surface area contributed by atoms with Gasteiger partial charge in [0, 0.05) is 12.5 Å². The molecule has 0 aliphatic heterocycles. The van der Waals surface area contributed by atoms with E-state index in [1.54, 1.807) is 0 Å². The summed E-state index contributed by atoms with van der Waals surface area (Å²) in [6, 6.07) is 11.9. The molecule has 3 N–H and O–H groups in total. The van der Waals surface area contributed by atoms with E-state index in [1.165, 1.54) is 0 Å². The number of nitrogens with two attached hydrogens (primary N) is 1. The third-order valence-corrected chi connectivity index (χ3v) is 4.03. The van der Waals surface area contributed by atoms with Crippen molar-refractivity contribution < 1.29 is 0 Å². The zero-order valence-electron chi connectivity index (χ0n) is 8.68. The predicted molar refractivity (Wildman–Crippen MR) is 88.7 cm³/mol.